The van der Waals surface area contributed by atoms with Crippen LogP contribution < -0.4 is 4.90 Å². The van der Waals surface area contributed by atoms with Crippen LogP contribution in [0.1, 0.15) is 0 Å². The monoisotopic (exact) mass is 320 g/mol. The molecule has 0 N–H and O–H groups in total. The van der Waals surface area contributed by atoms with Crippen molar-refractivity contribution in [2.45, 2.75) is 0 Å². The van der Waals surface area contributed by atoms with Crippen molar-refractivity contribution in [3.05, 3.63) is 53.8 Å². The van der Waals surface area contributed by atoms with Crippen molar-refractivity contribution in [2.24, 2.45) is 0 Å². The van der Waals surface area contributed by atoms with E-state index in [0.29, 0.717) is 4.88 Å². The van der Waals surface area contributed by atoms with E-state index in [4.69, 9.17) is 11.6 Å². The minimum absolute atomic E-state index is 0.0118. The number of thiazole rings is 1. The molecule has 0 radical (unpaired) electrons. The predicted octanol–water partition coefficient (Wildman–Crippen LogP) is 4.16. The summed E-state index contributed by atoms with van der Waals surface area (Å²) < 4.78 is 13.8. The van der Waals surface area contributed by atoms with Gasteiger partial charge in [0.25, 0.3) is 0 Å². The molecule has 0 fully saturated rings. The summed E-state index contributed by atoms with van der Waals surface area (Å²) in [5.41, 5.74) is 1.17. The van der Waals surface area contributed by atoms with Crippen LogP contribution in [0.2, 0.25) is 5.28 Å². The van der Waals surface area contributed by atoms with Crippen LogP contribution in [0, 0.1) is 5.82 Å². The number of halogens is 2. The van der Waals surface area contributed by atoms with E-state index in [1.165, 1.54) is 11.3 Å². The summed E-state index contributed by atoms with van der Waals surface area (Å²) in [6.45, 7) is 0. The van der Waals surface area contributed by atoms with Crippen LogP contribution in [-0.4, -0.2) is 22.0 Å². The zero-order valence-corrected chi connectivity index (χ0v) is 12.6. The van der Waals surface area contributed by atoms with Crippen molar-refractivity contribution in [1.29, 1.82) is 0 Å². The number of hydrogen-bond acceptors (Lipinski definition) is 5. The van der Waals surface area contributed by atoms with E-state index >= 15 is 0 Å². The fourth-order valence-electron chi connectivity index (χ4n) is 1.81. The van der Waals surface area contributed by atoms with Crippen molar-refractivity contribution in [3.63, 3.8) is 0 Å². The molecular formula is C14H10ClFN4S. The fraction of sp³-hybridized carbons (Fsp3) is 0.0714. The Morgan fingerprint density at radius 3 is 2.67 bits per heavy atom. The van der Waals surface area contributed by atoms with Crippen LogP contribution in [0.4, 0.5) is 15.2 Å². The molecule has 2 aromatic heterocycles. The summed E-state index contributed by atoms with van der Waals surface area (Å²) in [4.78, 5) is 14.4. The number of hydrogen-bond donors (Lipinski definition) is 0. The Morgan fingerprint density at radius 2 is 1.90 bits per heavy atom. The Kier molecular flexibility index (Phi) is 3.81. The molecule has 0 unspecified atom stereocenters. The van der Waals surface area contributed by atoms with E-state index in [1.807, 2.05) is 42.3 Å². The number of nitrogens with zero attached hydrogens (tertiary/aromatic N) is 4. The second-order valence-corrected chi connectivity index (χ2v) is 5.58. The molecule has 0 saturated carbocycles. The highest BCUT2D eigenvalue weighted by Crippen LogP contribution is 2.33. The summed E-state index contributed by atoms with van der Waals surface area (Å²) in [5.74, 6) is -0.517. The Hall–Kier alpha value is -2.05. The second-order valence-electron chi connectivity index (χ2n) is 4.24. The lowest BCUT2D eigenvalue weighted by Crippen LogP contribution is -2.08. The molecule has 0 bridgehead atoms. The highest BCUT2D eigenvalue weighted by atomic mass is 35.5. The van der Waals surface area contributed by atoms with Crippen molar-refractivity contribution in [2.75, 3.05) is 11.9 Å². The minimum atomic E-state index is -0.517. The third kappa shape index (κ3) is 2.86. The minimum Gasteiger partial charge on any atom is -0.321 e. The van der Waals surface area contributed by atoms with Gasteiger partial charge in [-0.2, -0.15) is 0 Å². The van der Waals surface area contributed by atoms with Crippen molar-refractivity contribution in [1.82, 2.24) is 15.0 Å². The van der Waals surface area contributed by atoms with Gasteiger partial charge in [-0.15, -0.1) is 0 Å². The van der Waals surface area contributed by atoms with Crippen LogP contribution in [0.3, 0.4) is 0 Å². The topological polar surface area (TPSA) is 41.9 Å². The van der Waals surface area contributed by atoms with Crippen molar-refractivity contribution in [3.8, 4) is 10.6 Å². The summed E-state index contributed by atoms with van der Waals surface area (Å²) in [7, 11) is 1.90. The van der Waals surface area contributed by atoms with E-state index < -0.39 is 5.82 Å². The van der Waals surface area contributed by atoms with Gasteiger partial charge < -0.3 is 4.90 Å². The normalized spacial score (nSPS) is 10.6. The van der Waals surface area contributed by atoms with Gasteiger partial charge in [-0.25, -0.2) is 19.3 Å². The number of anilines is 2. The Balaban J connectivity index is 1.95. The lowest BCUT2D eigenvalue weighted by Gasteiger charge is -2.15. The maximum absolute atomic E-state index is 13.8. The lowest BCUT2D eigenvalue weighted by atomic mass is 10.3. The van der Waals surface area contributed by atoms with Gasteiger partial charge >= 0.3 is 0 Å². The Labute approximate surface area is 129 Å². The SMILES string of the molecule is CN(c1ccccc1)c1ncc(-c2nc(Cl)ncc2F)s1. The van der Waals surface area contributed by atoms with E-state index in [2.05, 4.69) is 15.0 Å². The first-order valence-electron chi connectivity index (χ1n) is 6.08. The summed E-state index contributed by atoms with van der Waals surface area (Å²) >= 11 is 7.05. The standard InChI is InChI=1S/C14H10ClFN4S/c1-20(9-5-3-2-4-6-9)14-18-8-11(21-14)12-10(16)7-17-13(15)19-12/h2-8H,1H3. The summed E-state index contributed by atoms with van der Waals surface area (Å²) in [5, 5.41) is 0.753. The van der Waals surface area contributed by atoms with Gasteiger partial charge in [0.05, 0.1) is 11.1 Å². The number of aromatic nitrogens is 3. The molecule has 21 heavy (non-hydrogen) atoms. The smallest absolute Gasteiger partial charge is 0.223 e. The van der Waals surface area contributed by atoms with Gasteiger partial charge in [-0.1, -0.05) is 29.5 Å². The van der Waals surface area contributed by atoms with Crippen molar-refractivity contribution >= 4 is 33.8 Å². The highest BCUT2D eigenvalue weighted by Gasteiger charge is 2.14. The van der Waals surface area contributed by atoms with Gasteiger partial charge in [0, 0.05) is 18.9 Å². The fourth-order valence-corrected chi connectivity index (χ4v) is 2.83. The molecule has 0 aliphatic carbocycles. The molecule has 0 aliphatic rings. The second kappa shape index (κ2) is 5.75. The lowest BCUT2D eigenvalue weighted by molar-refractivity contribution is 0.618. The number of rotatable bonds is 3. The molecule has 4 nitrogen and oxygen atoms in total. The zero-order chi connectivity index (χ0) is 14.8. The number of para-hydroxylation sites is 1. The largest absolute Gasteiger partial charge is 0.321 e. The molecule has 0 saturated heterocycles. The van der Waals surface area contributed by atoms with Crippen LogP contribution in [-0.2, 0) is 0 Å². The predicted molar refractivity (Wildman–Crippen MR) is 82.6 cm³/mol. The molecule has 3 aromatic rings. The van der Waals surface area contributed by atoms with Gasteiger partial charge in [0.15, 0.2) is 10.9 Å². The average Bonchev–Trinajstić information content (AvgIpc) is 2.99. The average molecular weight is 321 g/mol. The molecule has 2 heterocycles. The van der Waals surface area contributed by atoms with Crippen LogP contribution in [0.15, 0.2) is 42.7 Å². The first kappa shape index (κ1) is 13.9. The maximum Gasteiger partial charge on any atom is 0.223 e. The van der Waals surface area contributed by atoms with E-state index in [1.54, 1.807) is 6.20 Å². The van der Waals surface area contributed by atoms with E-state index in [9.17, 15) is 4.39 Å². The quantitative estimate of drug-likeness (QED) is 0.679. The zero-order valence-electron chi connectivity index (χ0n) is 11.0. The first-order chi connectivity index (χ1) is 10.1. The third-order valence-electron chi connectivity index (χ3n) is 2.87. The maximum atomic E-state index is 13.8. The molecule has 0 spiro atoms. The molecule has 0 amide bonds. The molecule has 0 aliphatic heterocycles. The number of benzene rings is 1. The van der Waals surface area contributed by atoms with Crippen LogP contribution in [0.25, 0.3) is 10.6 Å². The Bertz CT molecular complexity index is 763. The Morgan fingerprint density at radius 1 is 1.14 bits per heavy atom. The molecule has 3 rings (SSSR count). The molecule has 106 valence electrons. The highest BCUT2D eigenvalue weighted by molar-refractivity contribution is 7.18. The van der Waals surface area contributed by atoms with Gasteiger partial charge in [0.1, 0.15) is 5.69 Å². The van der Waals surface area contributed by atoms with Crippen LogP contribution in [0.5, 0.6) is 0 Å². The van der Waals surface area contributed by atoms with Gasteiger partial charge in [0.2, 0.25) is 5.28 Å². The first-order valence-corrected chi connectivity index (χ1v) is 7.27. The van der Waals surface area contributed by atoms with E-state index in [0.717, 1.165) is 17.0 Å². The molecule has 7 heteroatoms. The summed E-state index contributed by atoms with van der Waals surface area (Å²) in [6, 6.07) is 9.80. The third-order valence-corrected chi connectivity index (χ3v) is 4.13. The van der Waals surface area contributed by atoms with E-state index in [-0.39, 0.29) is 11.0 Å². The van der Waals surface area contributed by atoms with Crippen molar-refractivity contribution < 1.29 is 4.39 Å². The molecular weight excluding hydrogens is 311 g/mol. The summed E-state index contributed by atoms with van der Waals surface area (Å²) in [6.07, 6.45) is 2.64. The molecule has 0 atom stereocenters. The van der Waals surface area contributed by atoms with Crippen LogP contribution >= 0.6 is 22.9 Å². The van der Waals surface area contributed by atoms with Gasteiger partial charge in [-0.05, 0) is 23.7 Å². The van der Waals surface area contributed by atoms with Gasteiger partial charge in [-0.3, -0.25) is 0 Å². The molecule has 1 aromatic carbocycles.